The molecule has 5 heteroatoms. The van der Waals surface area contributed by atoms with Gasteiger partial charge < -0.3 is 16.0 Å². The number of nitrogens with two attached hydrogens (primary N) is 1. The van der Waals surface area contributed by atoms with Crippen molar-refractivity contribution in [1.82, 2.24) is 15.3 Å². The first-order valence-electron chi connectivity index (χ1n) is 5.85. The van der Waals surface area contributed by atoms with Crippen molar-refractivity contribution < 1.29 is 0 Å². The number of H-pyrrole nitrogens is 1. The Kier molecular flexibility index (Phi) is 3.96. The molecule has 0 aliphatic carbocycles. The van der Waals surface area contributed by atoms with Gasteiger partial charge in [-0.15, -0.1) is 0 Å². The lowest BCUT2D eigenvalue weighted by atomic mass is 10.2. The van der Waals surface area contributed by atoms with Crippen LogP contribution in [-0.4, -0.2) is 15.9 Å². The highest BCUT2D eigenvalue weighted by Crippen LogP contribution is 2.04. The van der Waals surface area contributed by atoms with Gasteiger partial charge in [0.1, 0.15) is 5.82 Å². The summed E-state index contributed by atoms with van der Waals surface area (Å²) >= 11 is 0. The quantitative estimate of drug-likeness (QED) is 0.563. The number of rotatable bonds is 4. The minimum absolute atomic E-state index is 0.0134. The second kappa shape index (κ2) is 5.86. The number of aromatic amines is 1. The monoisotopic (exact) mass is 243 g/mol. The van der Waals surface area contributed by atoms with Gasteiger partial charge in [-0.3, -0.25) is 0 Å². The van der Waals surface area contributed by atoms with Gasteiger partial charge in [-0.2, -0.15) is 0 Å². The SMILES string of the molecule is CC(NC(N)=NCc1ccccc1)c1ncc[nH]1. The zero-order chi connectivity index (χ0) is 12.8. The summed E-state index contributed by atoms with van der Waals surface area (Å²) in [6.45, 7) is 2.55. The first kappa shape index (κ1) is 12.2. The van der Waals surface area contributed by atoms with Gasteiger partial charge in [0, 0.05) is 12.4 Å². The predicted molar refractivity (Wildman–Crippen MR) is 71.9 cm³/mol. The van der Waals surface area contributed by atoms with E-state index in [0.29, 0.717) is 12.5 Å². The van der Waals surface area contributed by atoms with Crippen molar-refractivity contribution in [2.75, 3.05) is 0 Å². The number of hydrogen-bond donors (Lipinski definition) is 3. The van der Waals surface area contributed by atoms with Crippen LogP contribution in [0.5, 0.6) is 0 Å². The summed E-state index contributed by atoms with van der Waals surface area (Å²) in [6.07, 6.45) is 3.50. The highest BCUT2D eigenvalue weighted by Gasteiger charge is 2.07. The Balaban J connectivity index is 1.90. The summed E-state index contributed by atoms with van der Waals surface area (Å²) in [5, 5.41) is 3.09. The molecule has 1 heterocycles. The normalized spacial score (nSPS) is 13.3. The molecule has 0 bridgehead atoms. The van der Waals surface area contributed by atoms with E-state index in [1.165, 1.54) is 0 Å². The van der Waals surface area contributed by atoms with E-state index < -0.39 is 0 Å². The summed E-state index contributed by atoms with van der Waals surface area (Å²) in [5.74, 6) is 1.26. The number of benzene rings is 1. The van der Waals surface area contributed by atoms with Crippen LogP contribution in [0.1, 0.15) is 24.4 Å². The number of hydrogen-bond acceptors (Lipinski definition) is 2. The largest absolute Gasteiger partial charge is 0.370 e. The van der Waals surface area contributed by atoms with Gasteiger partial charge in [0.15, 0.2) is 5.96 Å². The molecule has 94 valence electrons. The predicted octanol–water partition coefficient (Wildman–Crippen LogP) is 1.58. The van der Waals surface area contributed by atoms with Crippen molar-refractivity contribution in [2.45, 2.75) is 19.5 Å². The molecule has 0 saturated heterocycles. The van der Waals surface area contributed by atoms with Gasteiger partial charge in [0.25, 0.3) is 0 Å². The Morgan fingerprint density at radius 2 is 2.22 bits per heavy atom. The fourth-order valence-electron chi connectivity index (χ4n) is 1.61. The van der Waals surface area contributed by atoms with Crippen molar-refractivity contribution in [3.8, 4) is 0 Å². The molecule has 1 unspecified atom stereocenters. The van der Waals surface area contributed by atoms with Crippen molar-refractivity contribution in [2.24, 2.45) is 10.7 Å². The molecule has 1 aromatic heterocycles. The summed E-state index contributed by atoms with van der Waals surface area (Å²) in [7, 11) is 0. The highest BCUT2D eigenvalue weighted by molar-refractivity contribution is 5.78. The van der Waals surface area contributed by atoms with Gasteiger partial charge in [-0.25, -0.2) is 9.98 Å². The maximum atomic E-state index is 5.83. The Bertz CT molecular complexity index is 489. The van der Waals surface area contributed by atoms with Crippen LogP contribution in [0.15, 0.2) is 47.7 Å². The lowest BCUT2D eigenvalue weighted by molar-refractivity contribution is 0.666. The third kappa shape index (κ3) is 3.35. The average molecular weight is 243 g/mol. The molecule has 0 amide bonds. The third-order valence-corrected chi connectivity index (χ3v) is 2.57. The maximum Gasteiger partial charge on any atom is 0.189 e. The van der Waals surface area contributed by atoms with Gasteiger partial charge >= 0.3 is 0 Å². The minimum atomic E-state index is 0.0134. The van der Waals surface area contributed by atoms with Crippen LogP contribution in [0.4, 0.5) is 0 Å². The zero-order valence-corrected chi connectivity index (χ0v) is 10.3. The van der Waals surface area contributed by atoms with Gasteiger partial charge in [0.05, 0.1) is 12.6 Å². The molecule has 0 aliphatic rings. The Labute approximate surface area is 106 Å². The molecular weight excluding hydrogens is 226 g/mol. The summed E-state index contributed by atoms with van der Waals surface area (Å²) in [6, 6.07) is 10.0. The van der Waals surface area contributed by atoms with E-state index in [-0.39, 0.29) is 6.04 Å². The fourth-order valence-corrected chi connectivity index (χ4v) is 1.61. The second-order valence-electron chi connectivity index (χ2n) is 4.03. The van der Waals surface area contributed by atoms with Gasteiger partial charge in [0.2, 0.25) is 0 Å². The summed E-state index contributed by atoms with van der Waals surface area (Å²) in [5.41, 5.74) is 6.96. The lowest BCUT2D eigenvalue weighted by Gasteiger charge is -2.11. The van der Waals surface area contributed by atoms with E-state index in [2.05, 4.69) is 20.3 Å². The van der Waals surface area contributed by atoms with Crippen LogP contribution in [0.2, 0.25) is 0 Å². The highest BCUT2D eigenvalue weighted by atomic mass is 15.1. The molecular formula is C13H17N5. The zero-order valence-electron chi connectivity index (χ0n) is 10.3. The number of aliphatic imine (C=N–C) groups is 1. The molecule has 0 spiro atoms. The van der Waals surface area contributed by atoms with Crippen molar-refractivity contribution in [3.05, 3.63) is 54.1 Å². The minimum Gasteiger partial charge on any atom is -0.370 e. The number of imidazole rings is 1. The van der Waals surface area contributed by atoms with Gasteiger partial charge in [-0.05, 0) is 12.5 Å². The second-order valence-corrected chi connectivity index (χ2v) is 4.03. The first-order chi connectivity index (χ1) is 8.75. The van der Waals surface area contributed by atoms with E-state index in [0.717, 1.165) is 11.4 Å². The van der Waals surface area contributed by atoms with Crippen LogP contribution in [0.3, 0.4) is 0 Å². The average Bonchev–Trinajstić information content (AvgIpc) is 2.91. The van der Waals surface area contributed by atoms with Crippen LogP contribution in [0.25, 0.3) is 0 Å². The van der Waals surface area contributed by atoms with E-state index in [4.69, 9.17) is 5.73 Å². The summed E-state index contributed by atoms with van der Waals surface area (Å²) in [4.78, 5) is 11.5. The number of nitrogens with one attached hydrogen (secondary N) is 2. The Hall–Kier alpha value is -2.30. The molecule has 1 aromatic carbocycles. The van der Waals surface area contributed by atoms with Crippen molar-refractivity contribution in [1.29, 1.82) is 0 Å². The van der Waals surface area contributed by atoms with Crippen LogP contribution < -0.4 is 11.1 Å². The molecule has 18 heavy (non-hydrogen) atoms. The van der Waals surface area contributed by atoms with Crippen LogP contribution >= 0.6 is 0 Å². The van der Waals surface area contributed by atoms with Crippen molar-refractivity contribution >= 4 is 5.96 Å². The van der Waals surface area contributed by atoms with E-state index in [1.54, 1.807) is 12.4 Å². The van der Waals surface area contributed by atoms with Crippen molar-refractivity contribution in [3.63, 3.8) is 0 Å². The van der Waals surface area contributed by atoms with Crippen LogP contribution in [-0.2, 0) is 6.54 Å². The van der Waals surface area contributed by atoms with E-state index in [1.807, 2.05) is 37.3 Å². The molecule has 2 rings (SSSR count). The lowest BCUT2D eigenvalue weighted by Crippen LogP contribution is -2.34. The van der Waals surface area contributed by atoms with E-state index in [9.17, 15) is 0 Å². The molecule has 0 aliphatic heterocycles. The molecule has 0 saturated carbocycles. The number of aromatic nitrogens is 2. The molecule has 5 nitrogen and oxygen atoms in total. The molecule has 0 fully saturated rings. The third-order valence-electron chi connectivity index (χ3n) is 2.57. The van der Waals surface area contributed by atoms with Crippen LogP contribution in [0, 0.1) is 0 Å². The maximum absolute atomic E-state index is 5.83. The van der Waals surface area contributed by atoms with E-state index >= 15 is 0 Å². The fraction of sp³-hybridized carbons (Fsp3) is 0.231. The number of nitrogens with zero attached hydrogens (tertiary/aromatic N) is 2. The molecule has 1 atom stereocenters. The van der Waals surface area contributed by atoms with Gasteiger partial charge in [-0.1, -0.05) is 30.3 Å². The Morgan fingerprint density at radius 3 is 2.89 bits per heavy atom. The first-order valence-corrected chi connectivity index (χ1v) is 5.85. The summed E-state index contributed by atoms with van der Waals surface area (Å²) < 4.78 is 0. The standard InChI is InChI=1S/C13H17N5/c1-10(12-15-7-8-16-12)18-13(14)17-9-11-5-3-2-4-6-11/h2-8,10H,9H2,1H3,(H,15,16)(H3,14,17,18). The molecule has 4 N–H and O–H groups in total. The molecule has 0 radical (unpaired) electrons. The number of guanidine groups is 1. The smallest absolute Gasteiger partial charge is 0.189 e. The molecule has 2 aromatic rings. The Morgan fingerprint density at radius 1 is 1.44 bits per heavy atom. The topological polar surface area (TPSA) is 79.1 Å².